The van der Waals surface area contributed by atoms with E-state index in [1.807, 2.05) is 31.2 Å². The second-order valence-electron chi connectivity index (χ2n) is 6.37. The number of benzene rings is 1. The van der Waals surface area contributed by atoms with Crippen LogP contribution < -0.4 is 10.6 Å². The van der Waals surface area contributed by atoms with Gasteiger partial charge in [-0.3, -0.25) is 4.99 Å². The minimum absolute atomic E-state index is 0. The molecule has 0 aliphatic heterocycles. The van der Waals surface area contributed by atoms with E-state index in [1.54, 1.807) is 7.05 Å². The van der Waals surface area contributed by atoms with E-state index in [9.17, 15) is 13.2 Å². The van der Waals surface area contributed by atoms with Gasteiger partial charge in [0.2, 0.25) is 0 Å². The van der Waals surface area contributed by atoms with Gasteiger partial charge < -0.3 is 15.2 Å². The smallest absolute Gasteiger partial charge is 0.352 e. The third kappa shape index (κ3) is 7.16. The number of aryl methyl sites for hydroxylation is 1. The summed E-state index contributed by atoms with van der Waals surface area (Å²) in [6, 6.07) is 7.64. The van der Waals surface area contributed by atoms with E-state index in [-0.39, 0.29) is 30.5 Å². The quantitative estimate of drug-likeness (QED) is 0.246. The summed E-state index contributed by atoms with van der Waals surface area (Å²) in [6.07, 6.45) is -2.74. The zero-order valence-corrected chi connectivity index (χ0v) is 20.0. The molecular formula is C19H22F3IN6OS. The predicted molar refractivity (Wildman–Crippen MR) is 123 cm³/mol. The van der Waals surface area contributed by atoms with E-state index >= 15 is 0 Å². The molecule has 0 aliphatic carbocycles. The lowest BCUT2D eigenvalue weighted by Crippen LogP contribution is -2.36. The summed E-state index contributed by atoms with van der Waals surface area (Å²) in [6.45, 7) is 2.64. The molecule has 0 amide bonds. The van der Waals surface area contributed by atoms with Crippen molar-refractivity contribution in [2.75, 3.05) is 7.05 Å². The summed E-state index contributed by atoms with van der Waals surface area (Å²) in [5.41, 5.74) is 0.890. The van der Waals surface area contributed by atoms with Gasteiger partial charge in [0.05, 0.1) is 6.54 Å². The van der Waals surface area contributed by atoms with Crippen LogP contribution in [0.2, 0.25) is 0 Å². The highest BCUT2D eigenvalue weighted by atomic mass is 127. The van der Waals surface area contributed by atoms with Gasteiger partial charge in [-0.25, -0.2) is 4.98 Å². The van der Waals surface area contributed by atoms with Crippen molar-refractivity contribution in [2.24, 2.45) is 4.99 Å². The number of hydrogen-bond acceptors (Lipinski definition) is 6. The number of alkyl halides is 3. The number of hydrogen-bond donors (Lipinski definition) is 2. The monoisotopic (exact) mass is 566 g/mol. The van der Waals surface area contributed by atoms with Gasteiger partial charge in [-0.05, 0) is 24.1 Å². The van der Waals surface area contributed by atoms with Crippen LogP contribution in [0.4, 0.5) is 13.2 Å². The molecule has 0 aliphatic rings. The first-order chi connectivity index (χ1) is 14.4. The number of guanidine groups is 1. The van der Waals surface area contributed by atoms with Crippen molar-refractivity contribution in [3.05, 3.63) is 51.7 Å². The summed E-state index contributed by atoms with van der Waals surface area (Å²) in [7, 11) is 1.59. The first-order valence-corrected chi connectivity index (χ1v) is 10.1. The minimum Gasteiger partial charge on any atom is -0.352 e. The number of thiazole rings is 1. The average Bonchev–Trinajstić information content (AvgIpc) is 3.38. The molecular weight excluding hydrogens is 544 g/mol. The molecule has 0 saturated carbocycles. The van der Waals surface area contributed by atoms with E-state index in [2.05, 4.69) is 30.8 Å². The van der Waals surface area contributed by atoms with Crippen molar-refractivity contribution in [3.8, 4) is 11.5 Å². The maximum Gasteiger partial charge on any atom is 0.434 e. The van der Waals surface area contributed by atoms with Crippen LogP contribution in [0.3, 0.4) is 0 Å². The molecule has 168 valence electrons. The number of aliphatic imine (C=N–C) groups is 1. The lowest BCUT2D eigenvalue weighted by molar-refractivity contribution is -0.140. The number of rotatable bonds is 7. The Morgan fingerprint density at radius 2 is 1.97 bits per heavy atom. The van der Waals surface area contributed by atoms with Crippen LogP contribution in [-0.2, 0) is 25.7 Å². The van der Waals surface area contributed by atoms with Crippen LogP contribution >= 0.6 is 35.3 Å². The van der Waals surface area contributed by atoms with Crippen LogP contribution in [0.25, 0.3) is 11.5 Å². The van der Waals surface area contributed by atoms with Crippen molar-refractivity contribution in [1.29, 1.82) is 0 Å². The van der Waals surface area contributed by atoms with Crippen LogP contribution in [0.15, 0.2) is 39.2 Å². The van der Waals surface area contributed by atoms with Crippen LogP contribution in [-0.4, -0.2) is 28.1 Å². The second-order valence-corrected chi connectivity index (χ2v) is 7.31. The SMILES string of the molecule is CCCc1noc(-c2cccc(CNC(=NC)NCc3nc(C(F)(F)F)cs3)c2)n1.I. The normalized spacial score (nSPS) is 11.8. The molecule has 0 atom stereocenters. The van der Waals surface area contributed by atoms with Crippen molar-refractivity contribution in [1.82, 2.24) is 25.8 Å². The fourth-order valence-corrected chi connectivity index (χ4v) is 3.34. The molecule has 0 bridgehead atoms. The Labute approximate surface area is 198 Å². The number of nitrogens with zero attached hydrogens (tertiary/aromatic N) is 4. The number of nitrogens with one attached hydrogen (secondary N) is 2. The molecule has 0 fully saturated rings. The fourth-order valence-electron chi connectivity index (χ4n) is 2.60. The fraction of sp³-hybridized carbons (Fsp3) is 0.368. The topological polar surface area (TPSA) is 88.2 Å². The average molecular weight is 566 g/mol. The Kier molecular flexibility index (Phi) is 9.22. The maximum absolute atomic E-state index is 12.6. The van der Waals surface area contributed by atoms with Crippen molar-refractivity contribution in [2.45, 2.75) is 39.0 Å². The van der Waals surface area contributed by atoms with Gasteiger partial charge in [-0.15, -0.1) is 35.3 Å². The van der Waals surface area contributed by atoms with Gasteiger partial charge in [0, 0.05) is 31.0 Å². The third-order valence-corrected chi connectivity index (χ3v) is 4.90. The molecule has 0 spiro atoms. The molecule has 0 radical (unpaired) electrons. The molecule has 1 aromatic carbocycles. The van der Waals surface area contributed by atoms with Gasteiger partial charge in [0.15, 0.2) is 17.5 Å². The maximum atomic E-state index is 12.6. The molecule has 12 heteroatoms. The highest BCUT2D eigenvalue weighted by molar-refractivity contribution is 14.0. The molecule has 2 heterocycles. The van der Waals surface area contributed by atoms with Crippen LogP contribution in [0.1, 0.15) is 35.4 Å². The van der Waals surface area contributed by atoms with Gasteiger partial charge in [-0.1, -0.05) is 24.2 Å². The molecule has 3 aromatic rings. The summed E-state index contributed by atoms with van der Waals surface area (Å²) < 4.78 is 43.2. The molecule has 3 rings (SSSR count). The number of halogens is 4. The van der Waals surface area contributed by atoms with Gasteiger partial charge in [0.25, 0.3) is 5.89 Å². The minimum atomic E-state index is -4.44. The largest absolute Gasteiger partial charge is 0.434 e. The summed E-state index contributed by atoms with van der Waals surface area (Å²) >= 11 is 0.949. The molecule has 7 nitrogen and oxygen atoms in total. The summed E-state index contributed by atoms with van der Waals surface area (Å²) in [5.74, 6) is 1.59. The lowest BCUT2D eigenvalue weighted by Gasteiger charge is -2.11. The first-order valence-electron chi connectivity index (χ1n) is 9.27. The third-order valence-electron chi connectivity index (χ3n) is 4.05. The zero-order chi connectivity index (χ0) is 21.6. The lowest BCUT2D eigenvalue weighted by atomic mass is 10.1. The van der Waals surface area contributed by atoms with Crippen molar-refractivity contribution in [3.63, 3.8) is 0 Å². The Morgan fingerprint density at radius 3 is 2.65 bits per heavy atom. The van der Waals surface area contributed by atoms with Gasteiger partial charge in [0.1, 0.15) is 5.01 Å². The van der Waals surface area contributed by atoms with E-state index in [1.165, 1.54) is 0 Å². The Morgan fingerprint density at radius 1 is 1.19 bits per heavy atom. The highest BCUT2D eigenvalue weighted by Crippen LogP contribution is 2.29. The van der Waals surface area contributed by atoms with E-state index in [4.69, 9.17) is 4.52 Å². The zero-order valence-electron chi connectivity index (χ0n) is 16.9. The standard InChI is InChI=1S/C19H21F3N6OS.HI/c1-3-5-15-27-17(29-28-15)13-7-4-6-12(8-13)9-24-18(23-2)25-10-16-26-14(11-30-16)19(20,21)22;/h4,6-8,11H,3,5,9-10H2,1-2H3,(H2,23,24,25);1H. The molecule has 0 saturated heterocycles. The van der Waals surface area contributed by atoms with E-state index in [0.717, 1.165) is 40.7 Å². The predicted octanol–water partition coefficient (Wildman–Crippen LogP) is 4.65. The Balaban J connectivity index is 0.00000341. The van der Waals surface area contributed by atoms with Crippen LogP contribution in [0, 0.1) is 0 Å². The van der Waals surface area contributed by atoms with Gasteiger partial charge in [-0.2, -0.15) is 18.2 Å². The highest BCUT2D eigenvalue weighted by Gasteiger charge is 2.33. The van der Waals surface area contributed by atoms with E-state index < -0.39 is 11.9 Å². The summed E-state index contributed by atoms with van der Waals surface area (Å²) in [4.78, 5) is 12.1. The Bertz CT molecular complexity index is 1000. The van der Waals surface area contributed by atoms with Crippen molar-refractivity contribution < 1.29 is 17.7 Å². The second kappa shape index (κ2) is 11.4. The molecule has 2 aromatic heterocycles. The summed E-state index contributed by atoms with van der Waals surface area (Å²) in [5, 5.41) is 11.4. The molecule has 31 heavy (non-hydrogen) atoms. The van der Waals surface area contributed by atoms with E-state index in [0.29, 0.717) is 29.2 Å². The van der Waals surface area contributed by atoms with Crippen molar-refractivity contribution >= 4 is 41.3 Å². The first kappa shape index (κ1) is 25.0. The number of aromatic nitrogens is 3. The Hall–Kier alpha value is -2.22. The molecule has 0 unspecified atom stereocenters. The molecule has 2 N–H and O–H groups in total. The van der Waals surface area contributed by atoms with Crippen LogP contribution in [0.5, 0.6) is 0 Å². The van der Waals surface area contributed by atoms with Gasteiger partial charge >= 0.3 is 6.18 Å².